The van der Waals surface area contributed by atoms with E-state index in [2.05, 4.69) is 0 Å². The fourth-order valence-electron chi connectivity index (χ4n) is 7.58. The normalized spacial score (nSPS) is 19.3. The van der Waals surface area contributed by atoms with Crippen molar-refractivity contribution in [3.63, 3.8) is 0 Å². The number of allylic oxidation sites excluding steroid dienone is 8. The zero-order chi connectivity index (χ0) is 43.3. The number of carbonyl (C=O) groups is 1. The molecule has 0 spiro atoms. The maximum Gasteiger partial charge on any atom is 0.294 e. The van der Waals surface area contributed by atoms with Crippen molar-refractivity contribution in [2.24, 2.45) is 0 Å². The number of rotatable bonds is 20. The molecule has 2 aliphatic rings. The lowest BCUT2D eigenvalue weighted by atomic mass is 9.75. The minimum Gasteiger partial charge on any atom is -0.344 e. The van der Waals surface area contributed by atoms with Crippen molar-refractivity contribution < 1.29 is 61.3 Å². The van der Waals surface area contributed by atoms with Crippen LogP contribution in [-0.4, -0.2) is 92.5 Å². The first kappa shape index (κ1) is 46.9. The van der Waals surface area contributed by atoms with Crippen molar-refractivity contribution in [1.29, 1.82) is 0 Å². The Kier molecular flexibility index (Phi) is 14.7. The zero-order valence-corrected chi connectivity index (χ0v) is 36.0. The molecule has 15 nitrogen and oxygen atoms in total. The van der Waals surface area contributed by atoms with Gasteiger partial charge in [-0.25, -0.2) is 0 Å². The highest BCUT2D eigenvalue weighted by Gasteiger charge is 2.48. The van der Waals surface area contributed by atoms with Crippen LogP contribution in [0.25, 0.3) is 0 Å². The van der Waals surface area contributed by atoms with Crippen molar-refractivity contribution >= 4 is 63.3 Å². The van der Waals surface area contributed by atoms with E-state index in [0.717, 1.165) is 12.1 Å². The van der Waals surface area contributed by atoms with Gasteiger partial charge in [0.25, 0.3) is 40.5 Å². The molecule has 2 aromatic rings. The molecule has 2 aliphatic heterocycles. The van der Waals surface area contributed by atoms with Gasteiger partial charge in [0, 0.05) is 53.9 Å². The molecule has 1 unspecified atom stereocenters. The molecule has 4 rings (SSSR count). The molecule has 58 heavy (non-hydrogen) atoms. The summed E-state index contributed by atoms with van der Waals surface area (Å²) in [6.45, 7) is 7.53. The third kappa shape index (κ3) is 11.9. The van der Waals surface area contributed by atoms with Crippen LogP contribution >= 0.6 is 0 Å². The molecule has 0 saturated carbocycles. The molecule has 2 aromatic carbocycles. The quantitative estimate of drug-likeness (QED) is 0.0518. The highest BCUT2D eigenvalue weighted by atomic mass is 32.2. The number of fused-ring (bicyclic) bond motifs is 2. The van der Waals surface area contributed by atoms with Crippen LogP contribution in [0.15, 0.2) is 94.4 Å². The number of benzene rings is 2. The highest BCUT2D eigenvalue weighted by molar-refractivity contribution is 7.86. The summed E-state index contributed by atoms with van der Waals surface area (Å²) >= 11 is 0. The van der Waals surface area contributed by atoms with Crippen LogP contribution in [0.5, 0.6) is 0 Å². The van der Waals surface area contributed by atoms with Gasteiger partial charge in [0.15, 0.2) is 5.71 Å². The Balaban J connectivity index is 1.68. The molecule has 2 heterocycles. The van der Waals surface area contributed by atoms with Gasteiger partial charge in [0.1, 0.15) is 12.3 Å². The number of hydrogen-bond donors (Lipinski definition) is 4. The van der Waals surface area contributed by atoms with E-state index in [1.807, 2.05) is 36.3 Å². The van der Waals surface area contributed by atoms with Crippen molar-refractivity contribution in [3.8, 4) is 0 Å². The van der Waals surface area contributed by atoms with Crippen LogP contribution in [0.4, 0.5) is 11.4 Å². The van der Waals surface area contributed by atoms with E-state index in [0.29, 0.717) is 53.9 Å². The van der Waals surface area contributed by atoms with Crippen LogP contribution in [0.3, 0.4) is 0 Å². The molecule has 0 aromatic heterocycles. The second kappa shape index (κ2) is 18.2. The van der Waals surface area contributed by atoms with Crippen molar-refractivity contribution in [3.05, 3.63) is 95.8 Å². The first-order chi connectivity index (χ1) is 26.8. The number of nitrogens with zero attached hydrogens (tertiary/aromatic N) is 2. The van der Waals surface area contributed by atoms with Crippen molar-refractivity contribution in [2.75, 3.05) is 29.5 Å². The van der Waals surface area contributed by atoms with Gasteiger partial charge in [0.2, 0.25) is 5.69 Å². The highest BCUT2D eigenvalue weighted by Crippen LogP contribution is 2.49. The van der Waals surface area contributed by atoms with Gasteiger partial charge < -0.3 is 9.69 Å². The minimum absolute atomic E-state index is 0.0573. The molecular formula is C39H51N2O13S4+. The third-order valence-corrected chi connectivity index (χ3v) is 13.7. The molecule has 19 heteroatoms. The summed E-state index contributed by atoms with van der Waals surface area (Å²) in [5.74, 6) is -0.905. The Morgan fingerprint density at radius 1 is 0.707 bits per heavy atom. The summed E-state index contributed by atoms with van der Waals surface area (Å²) in [5, 5.41) is 0. The second-order valence-electron chi connectivity index (χ2n) is 15.2. The first-order valence-electron chi connectivity index (χ1n) is 18.5. The van der Waals surface area contributed by atoms with Crippen molar-refractivity contribution in [1.82, 2.24) is 0 Å². The number of ketones is 1. The van der Waals surface area contributed by atoms with Gasteiger partial charge >= 0.3 is 0 Å². The second-order valence-corrected chi connectivity index (χ2v) is 21.2. The molecule has 4 N–H and O–H groups in total. The first-order valence-corrected chi connectivity index (χ1v) is 24.6. The summed E-state index contributed by atoms with van der Waals surface area (Å²) in [7, 11) is -17.5. The number of anilines is 1. The molecule has 318 valence electrons. The Morgan fingerprint density at radius 3 is 1.88 bits per heavy atom. The molecule has 0 amide bonds. The maximum absolute atomic E-state index is 12.2. The van der Waals surface area contributed by atoms with E-state index in [1.165, 1.54) is 37.3 Å². The van der Waals surface area contributed by atoms with E-state index in [1.54, 1.807) is 42.5 Å². The lowest BCUT2D eigenvalue weighted by Crippen LogP contribution is -2.31. The van der Waals surface area contributed by atoms with Gasteiger partial charge in [0.05, 0.1) is 26.7 Å². The Hall–Kier alpha value is -3.82. The maximum atomic E-state index is 12.2. The molecule has 0 aliphatic carbocycles. The molecule has 1 atom stereocenters. The fraction of sp³-hybridized carbons (Fsp3) is 0.436. The van der Waals surface area contributed by atoms with Crippen LogP contribution in [0, 0.1) is 0 Å². The number of unbranched alkanes of at least 4 members (excludes halogenated alkanes) is 2. The van der Waals surface area contributed by atoms with Gasteiger partial charge in [-0.3, -0.25) is 18.2 Å². The topological polar surface area (TPSA) is 241 Å². The average Bonchev–Trinajstić information content (AvgIpc) is 3.44. The Labute approximate surface area is 341 Å². The van der Waals surface area contributed by atoms with Crippen LogP contribution < -0.4 is 4.90 Å². The number of Topliss-reactive ketones (excluding diaryl/α,β-unsaturated/α-hetero) is 1. The van der Waals surface area contributed by atoms with E-state index < -0.39 is 62.8 Å². The standard InChI is InChI=1S/C39H50N2O13S4/c1-29(42)15-9-8-12-22-39(4)33-28-31(58(52,53)54)19-21-35(33)41(24-14-26-56(46,47)48)37(39)17-11-7-5-6-10-16-36-38(2,3)32-27-30(57(49,50)51)18-20-34(32)40(36)23-13-25-55(43,44)45/h5-7,10-11,16-21,27-28H,8-9,12-15,22-26H2,1-4H3,(H3-,43,44,45,46,47,48,49,50,51,52,53,54)/p+1. The van der Waals surface area contributed by atoms with Gasteiger partial charge in [-0.05, 0) is 75.1 Å². The van der Waals surface area contributed by atoms with Gasteiger partial charge in [-0.1, -0.05) is 57.1 Å². The SMILES string of the molecule is CC(=O)CCCCCC1(C)C(/C=C/C=C/C=C/C=C2\N(CCCS(=O)(=O)O)c3ccc(S(=O)(=O)O)cc3C2(C)C)=[N+](CCCS(=O)(=O)O)c2ccc(S(=O)(=O)O)cc21. The Bertz CT molecular complexity index is 2520. The van der Waals surface area contributed by atoms with Crippen LogP contribution in [0.1, 0.15) is 83.8 Å². The Morgan fingerprint density at radius 2 is 1.28 bits per heavy atom. The predicted octanol–water partition coefficient (Wildman–Crippen LogP) is 5.98. The van der Waals surface area contributed by atoms with Crippen molar-refractivity contribution in [2.45, 2.75) is 93.3 Å². The van der Waals surface area contributed by atoms with Crippen LogP contribution in [0.2, 0.25) is 0 Å². The third-order valence-electron chi connectivity index (χ3n) is 10.4. The molecular weight excluding hydrogens is 833 g/mol. The van der Waals surface area contributed by atoms with E-state index in [-0.39, 0.29) is 41.5 Å². The number of hydrogen-bond acceptors (Lipinski definition) is 10. The lowest BCUT2D eigenvalue weighted by molar-refractivity contribution is -0.437. The summed E-state index contributed by atoms with van der Waals surface area (Å²) in [6, 6.07) is 8.43. The van der Waals surface area contributed by atoms with E-state index >= 15 is 0 Å². The minimum atomic E-state index is -4.56. The summed E-state index contributed by atoms with van der Waals surface area (Å²) in [6.07, 6.45) is 15.5. The average molecular weight is 884 g/mol. The van der Waals surface area contributed by atoms with Gasteiger partial charge in [-0.15, -0.1) is 0 Å². The summed E-state index contributed by atoms with van der Waals surface area (Å²) in [4.78, 5) is 12.8. The molecule has 0 saturated heterocycles. The fourth-order valence-corrected chi connectivity index (χ4v) is 9.58. The molecule has 0 bridgehead atoms. The summed E-state index contributed by atoms with van der Waals surface area (Å²) in [5.41, 5.74) is 2.29. The smallest absolute Gasteiger partial charge is 0.294 e. The molecule has 0 fully saturated rings. The monoisotopic (exact) mass is 883 g/mol. The van der Waals surface area contributed by atoms with Crippen LogP contribution in [-0.2, 0) is 56.1 Å². The van der Waals surface area contributed by atoms with E-state index in [9.17, 15) is 56.7 Å². The largest absolute Gasteiger partial charge is 0.344 e. The van der Waals surface area contributed by atoms with E-state index in [4.69, 9.17) is 0 Å². The summed E-state index contributed by atoms with van der Waals surface area (Å²) < 4.78 is 135. The predicted molar refractivity (Wildman–Crippen MR) is 221 cm³/mol. The zero-order valence-electron chi connectivity index (χ0n) is 32.8. The lowest BCUT2D eigenvalue weighted by Gasteiger charge is -2.27. The molecule has 0 radical (unpaired) electrons. The van der Waals surface area contributed by atoms with Gasteiger partial charge in [-0.2, -0.15) is 38.2 Å². The number of carbonyl (C=O) groups excluding carboxylic acids is 1.